The molecule has 0 saturated heterocycles. The predicted molar refractivity (Wildman–Crippen MR) is 87.1 cm³/mol. The van der Waals surface area contributed by atoms with Gasteiger partial charge >= 0.3 is 5.97 Å². The third kappa shape index (κ3) is 3.30. The Bertz CT molecular complexity index is 588. The fourth-order valence-electron chi connectivity index (χ4n) is 1.81. The van der Waals surface area contributed by atoms with Gasteiger partial charge in [-0.1, -0.05) is 12.1 Å². The van der Waals surface area contributed by atoms with Gasteiger partial charge in [0.2, 0.25) is 0 Å². The summed E-state index contributed by atoms with van der Waals surface area (Å²) in [6, 6.07) is 7.36. The highest BCUT2D eigenvalue weighted by molar-refractivity contribution is 8.00. The Labute approximate surface area is 127 Å². The molecule has 0 aromatic heterocycles. The van der Waals surface area contributed by atoms with E-state index >= 15 is 0 Å². The van der Waals surface area contributed by atoms with Gasteiger partial charge in [-0.05, 0) is 31.4 Å². The number of aliphatic imine (C=N–C) groups is 1. The summed E-state index contributed by atoms with van der Waals surface area (Å²) in [5.41, 5.74) is 7.24. The molecule has 0 spiro atoms. The highest BCUT2D eigenvalue weighted by Crippen LogP contribution is 2.27. The number of benzene rings is 1. The SMILES string of the molecule is CCOC(=O)C1(SC)N=C(Nc2ccccc2N)C=CN1. The standard InChI is InChI=1S/C14H18N4O2S/c1-3-20-13(19)14(21-2)16-9-8-12(18-14)17-11-7-5-4-6-10(11)15/h4-9,16H,3,15H2,1-2H3,(H,17,18). The maximum atomic E-state index is 12.1. The molecule has 21 heavy (non-hydrogen) atoms. The molecular formula is C14H18N4O2S. The monoisotopic (exact) mass is 306 g/mol. The van der Waals surface area contributed by atoms with Gasteiger partial charge in [-0.2, -0.15) is 0 Å². The van der Waals surface area contributed by atoms with Crippen LogP contribution in [0.1, 0.15) is 6.92 Å². The van der Waals surface area contributed by atoms with Gasteiger partial charge in [0.05, 0.1) is 18.0 Å². The molecule has 1 aromatic rings. The zero-order chi connectivity index (χ0) is 15.3. The minimum absolute atomic E-state index is 0.302. The first-order chi connectivity index (χ1) is 10.1. The lowest BCUT2D eigenvalue weighted by molar-refractivity contribution is -0.146. The van der Waals surface area contributed by atoms with Crippen LogP contribution in [0.2, 0.25) is 0 Å². The number of hydrogen-bond donors (Lipinski definition) is 3. The number of nitrogens with two attached hydrogens (primary N) is 1. The molecule has 0 bridgehead atoms. The van der Waals surface area contributed by atoms with Crippen molar-refractivity contribution in [3.8, 4) is 0 Å². The van der Waals surface area contributed by atoms with Crippen LogP contribution in [0.3, 0.4) is 0 Å². The summed E-state index contributed by atoms with van der Waals surface area (Å²) in [4.78, 5) is 15.4. The maximum Gasteiger partial charge on any atom is 0.366 e. The van der Waals surface area contributed by atoms with E-state index in [9.17, 15) is 4.79 Å². The van der Waals surface area contributed by atoms with Crippen LogP contribution in [0, 0.1) is 0 Å². The summed E-state index contributed by atoms with van der Waals surface area (Å²) in [6.07, 6.45) is 5.20. The summed E-state index contributed by atoms with van der Waals surface area (Å²) in [7, 11) is 0. The minimum Gasteiger partial charge on any atom is -0.462 e. The first kappa shape index (κ1) is 15.2. The molecule has 1 aliphatic heterocycles. The summed E-state index contributed by atoms with van der Waals surface area (Å²) < 4.78 is 5.08. The molecule has 0 saturated carbocycles. The molecule has 6 nitrogen and oxygen atoms in total. The second kappa shape index (κ2) is 6.53. The number of rotatable bonds is 4. The Morgan fingerprint density at radius 3 is 2.95 bits per heavy atom. The molecule has 2 rings (SSSR count). The lowest BCUT2D eigenvalue weighted by atomic mass is 10.2. The maximum absolute atomic E-state index is 12.1. The van der Waals surface area contributed by atoms with Crippen LogP contribution in [-0.2, 0) is 9.53 Å². The van der Waals surface area contributed by atoms with E-state index in [0.717, 1.165) is 5.69 Å². The molecule has 1 heterocycles. The van der Waals surface area contributed by atoms with Gasteiger partial charge in [0.15, 0.2) is 0 Å². The quantitative estimate of drug-likeness (QED) is 0.580. The Balaban J connectivity index is 2.25. The van der Waals surface area contributed by atoms with Gasteiger partial charge in [0.25, 0.3) is 4.99 Å². The van der Waals surface area contributed by atoms with Gasteiger partial charge in [0.1, 0.15) is 5.84 Å². The van der Waals surface area contributed by atoms with E-state index in [1.807, 2.05) is 18.2 Å². The fraction of sp³-hybridized carbons (Fsp3) is 0.286. The molecule has 0 radical (unpaired) electrons. The second-order valence-electron chi connectivity index (χ2n) is 4.26. The molecule has 0 fully saturated rings. The van der Waals surface area contributed by atoms with Gasteiger partial charge < -0.3 is 21.1 Å². The van der Waals surface area contributed by atoms with Crippen molar-refractivity contribution in [2.24, 2.45) is 4.99 Å². The molecule has 1 aromatic carbocycles. The van der Waals surface area contributed by atoms with Crippen LogP contribution in [-0.4, -0.2) is 29.7 Å². The van der Waals surface area contributed by atoms with Gasteiger partial charge in [-0.25, -0.2) is 9.79 Å². The molecule has 1 atom stereocenters. The highest BCUT2D eigenvalue weighted by atomic mass is 32.2. The Morgan fingerprint density at radius 1 is 1.52 bits per heavy atom. The molecule has 0 amide bonds. The van der Waals surface area contributed by atoms with Crippen molar-refractivity contribution in [2.45, 2.75) is 11.9 Å². The number of nitrogens with one attached hydrogen (secondary N) is 2. The van der Waals surface area contributed by atoms with E-state index < -0.39 is 11.0 Å². The molecule has 0 aliphatic carbocycles. The minimum atomic E-state index is -1.17. The summed E-state index contributed by atoms with van der Waals surface area (Å²) in [5, 5.41) is 6.06. The van der Waals surface area contributed by atoms with Crippen molar-refractivity contribution in [1.82, 2.24) is 5.32 Å². The number of thioether (sulfide) groups is 1. The molecule has 1 unspecified atom stereocenters. The van der Waals surface area contributed by atoms with Crippen molar-refractivity contribution in [1.29, 1.82) is 0 Å². The Hall–Kier alpha value is -2.15. The average molecular weight is 306 g/mol. The zero-order valence-electron chi connectivity index (χ0n) is 11.9. The van der Waals surface area contributed by atoms with Crippen LogP contribution in [0.5, 0.6) is 0 Å². The van der Waals surface area contributed by atoms with E-state index in [2.05, 4.69) is 15.6 Å². The first-order valence-electron chi connectivity index (χ1n) is 6.49. The van der Waals surface area contributed by atoms with Crippen molar-refractivity contribution < 1.29 is 9.53 Å². The average Bonchev–Trinajstić information content (AvgIpc) is 2.50. The van der Waals surface area contributed by atoms with Gasteiger partial charge in [-0.15, -0.1) is 11.8 Å². The van der Waals surface area contributed by atoms with E-state index in [1.165, 1.54) is 11.8 Å². The number of carbonyl (C=O) groups is 1. The van der Waals surface area contributed by atoms with Crippen LogP contribution in [0.15, 0.2) is 41.5 Å². The first-order valence-corrected chi connectivity index (χ1v) is 7.72. The number of carbonyl (C=O) groups excluding carboxylic acids is 1. The van der Waals surface area contributed by atoms with Gasteiger partial charge in [-0.3, -0.25) is 0 Å². The Kier molecular flexibility index (Phi) is 4.74. The van der Waals surface area contributed by atoms with Gasteiger partial charge in [0, 0.05) is 6.20 Å². The topological polar surface area (TPSA) is 88.7 Å². The number of anilines is 2. The normalized spacial score (nSPS) is 20.4. The molecule has 112 valence electrons. The Morgan fingerprint density at radius 2 is 2.29 bits per heavy atom. The summed E-state index contributed by atoms with van der Waals surface area (Å²) >= 11 is 1.26. The van der Waals surface area contributed by atoms with Crippen LogP contribution in [0.4, 0.5) is 11.4 Å². The molecular weight excluding hydrogens is 288 g/mol. The number of nitrogen functional groups attached to an aromatic ring is 1. The van der Waals surface area contributed by atoms with E-state index in [0.29, 0.717) is 18.1 Å². The summed E-state index contributed by atoms with van der Waals surface area (Å²) in [5.74, 6) is 0.108. The third-order valence-corrected chi connectivity index (χ3v) is 3.84. The highest BCUT2D eigenvalue weighted by Gasteiger charge is 2.40. The zero-order valence-corrected chi connectivity index (χ0v) is 12.7. The lowest BCUT2D eigenvalue weighted by Crippen LogP contribution is -2.49. The molecule has 7 heteroatoms. The van der Waals surface area contributed by atoms with Crippen LogP contribution < -0.4 is 16.4 Å². The lowest BCUT2D eigenvalue weighted by Gasteiger charge is -2.29. The number of nitrogens with zero attached hydrogens (tertiary/aromatic N) is 1. The van der Waals surface area contributed by atoms with E-state index in [4.69, 9.17) is 10.5 Å². The number of amidine groups is 1. The van der Waals surface area contributed by atoms with E-state index in [-0.39, 0.29) is 0 Å². The van der Waals surface area contributed by atoms with Crippen LogP contribution >= 0.6 is 11.8 Å². The number of para-hydroxylation sites is 2. The van der Waals surface area contributed by atoms with Crippen LogP contribution in [0.25, 0.3) is 0 Å². The van der Waals surface area contributed by atoms with Crippen molar-refractivity contribution >= 4 is 34.9 Å². The third-order valence-electron chi connectivity index (χ3n) is 2.87. The van der Waals surface area contributed by atoms with E-state index in [1.54, 1.807) is 31.5 Å². The smallest absolute Gasteiger partial charge is 0.366 e. The summed E-state index contributed by atoms with van der Waals surface area (Å²) in [6.45, 7) is 2.06. The number of hydrogen-bond acceptors (Lipinski definition) is 7. The molecule has 4 N–H and O–H groups in total. The number of esters is 1. The van der Waals surface area contributed by atoms with Crippen molar-refractivity contribution in [2.75, 3.05) is 23.9 Å². The molecule has 1 aliphatic rings. The van der Waals surface area contributed by atoms with Crippen molar-refractivity contribution in [3.63, 3.8) is 0 Å². The second-order valence-corrected chi connectivity index (χ2v) is 5.25. The largest absolute Gasteiger partial charge is 0.462 e. The predicted octanol–water partition coefficient (Wildman–Crippen LogP) is 1.78. The fourth-order valence-corrected chi connectivity index (χ4v) is 2.41. The van der Waals surface area contributed by atoms with Crippen molar-refractivity contribution in [3.05, 3.63) is 36.5 Å². The number of ether oxygens (including phenoxy) is 1.